The molecule has 0 aromatic carbocycles. The smallest absolute Gasteiger partial charge is 0.276 e. The SMILES string of the molecule is CCC(CNC)C(=O)NC1CCC(Nc2cc(NC3CC3)c3ncc(C(=O)Nc4ccnc(F)c4)n3n2)CC1. The number of aromatic nitrogens is 4. The summed E-state index contributed by atoms with van der Waals surface area (Å²) in [4.78, 5) is 33.6. The Labute approximate surface area is 226 Å². The molecule has 0 saturated heterocycles. The first-order valence-electron chi connectivity index (χ1n) is 13.7. The fourth-order valence-electron chi connectivity index (χ4n) is 5.00. The van der Waals surface area contributed by atoms with Crippen LogP contribution < -0.4 is 26.6 Å². The minimum absolute atomic E-state index is 0.0154. The maximum Gasteiger partial charge on any atom is 0.276 e. The molecule has 3 aromatic rings. The molecule has 12 heteroatoms. The van der Waals surface area contributed by atoms with Gasteiger partial charge in [-0.25, -0.2) is 14.5 Å². The highest BCUT2D eigenvalue weighted by molar-refractivity contribution is 6.03. The lowest BCUT2D eigenvalue weighted by Gasteiger charge is -2.31. The van der Waals surface area contributed by atoms with E-state index in [2.05, 4.69) is 36.6 Å². The molecule has 39 heavy (non-hydrogen) atoms. The van der Waals surface area contributed by atoms with Crippen LogP contribution in [0, 0.1) is 11.9 Å². The second-order valence-corrected chi connectivity index (χ2v) is 10.4. The van der Waals surface area contributed by atoms with Crippen LogP contribution in [0.2, 0.25) is 0 Å². The first kappa shape index (κ1) is 26.8. The summed E-state index contributed by atoms with van der Waals surface area (Å²) in [5.74, 6) is -0.385. The molecule has 2 aliphatic carbocycles. The largest absolute Gasteiger partial charge is 0.379 e. The van der Waals surface area contributed by atoms with Gasteiger partial charge >= 0.3 is 0 Å². The number of pyridine rings is 1. The van der Waals surface area contributed by atoms with Gasteiger partial charge in [0.15, 0.2) is 11.3 Å². The van der Waals surface area contributed by atoms with Crippen LogP contribution in [-0.4, -0.2) is 63.1 Å². The van der Waals surface area contributed by atoms with Crippen molar-refractivity contribution >= 4 is 34.7 Å². The number of rotatable bonds is 11. The van der Waals surface area contributed by atoms with E-state index < -0.39 is 11.9 Å². The van der Waals surface area contributed by atoms with Crippen molar-refractivity contribution in [2.24, 2.45) is 5.92 Å². The summed E-state index contributed by atoms with van der Waals surface area (Å²) >= 11 is 0. The van der Waals surface area contributed by atoms with Crippen LogP contribution in [0.25, 0.3) is 5.65 Å². The van der Waals surface area contributed by atoms with Gasteiger partial charge in [-0.1, -0.05) is 6.92 Å². The van der Waals surface area contributed by atoms with E-state index in [4.69, 9.17) is 5.10 Å². The van der Waals surface area contributed by atoms with Crippen LogP contribution >= 0.6 is 0 Å². The number of anilines is 3. The zero-order valence-corrected chi connectivity index (χ0v) is 22.3. The highest BCUT2D eigenvalue weighted by Gasteiger charge is 2.27. The van der Waals surface area contributed by atoms with E-state index in [1.807, 2.05) is 20.0 Å². The van der Waals surface area contributed by atoms with Crippen molar-refractivity contribution in [3.63, 3.8) is 0 Å². The van der Waals surface area contributed by atoms with Crippen molar-refractivity contribution in [3.8, 4) is 0 Å². The quantitative estimate of drug-likeness (QED) is 0.235. The molecule has 0 bridgehead atoms. The number of halogens is 1. The first-order valence-corrected chi connectivity index (χ1v) is 13.7. The molecule has 2 aliphatic rings. The molecule has 0 spiro atoms. The molecule has 3 aromatic heterocycles. The number of fused-ring (bicyclic) bond motifs is 1. The lowest BCUT2D eigenvalue weighted by atomic mass is 9.90. The minimum Gasteiger partial charge on any atom is -0.379 e. The molecular weight excluding hydrogens is 501 g/mol. The van der Waals surface area contributed by atoms with E-state index in [9.17, 15) is 14.0 Å². The fourth-order valence-corrected chi connectivity index (χ4v) is 5.00. The third-order valence-corrected chi connectivity index (χ3v) is 7.36. The molecule has 11 nitrogen and oxygen atoms in total. The highest BCUT2D eigenvalue weighted by Crippen LogP contribution is 2.30. The Morgan fingerprint density at radius 3 is 2.46 bits per heavy atom. The molecule has 1 unspecified atom stereocenters. The van der Waals surface area contributed by atoms with Crippen molar-refractivity contribution < 1.29 is 14.0 Å². The monoisotopic (exact) mass is 537 g/mol. The van der Waals surface area contributed by atoms with E-state index in [0.717, 1.165) is 56.7 Å². The van der Waals surface area contributed by atoms with Crippen LogP contribution in [0.3, 0.4) is 0 Å². The van der Waals surface area contributed by atoms with Gasteiger partial charge in [-0.3, -0.25) is 9.59 Å². The number of amides is 2. The Kier molecular flexibility index (Phi) is 8.20. The zero-order chi connectivity index (χ0) is 27.4. The Bertz CT molecular complexity index is 1320. The van der Waals surface area contributed by atoms with Crippen molar-refractivity contribution in [2.45, 2.75) is 70.0 Å². The fraction of sp³-hybridized carbons (Fsp3) is 0.519. The van der Waals surface area contributed by atoms with Crippen LogP contribution in [-0.2, 0) is 4.79 Å². The molecule has 0 radical (unpaired) electrons. The summed E-state index contributed by atoms with van der Waals surface area (Å²) in [6.45, 7) is 2.71. The maximum atomic E-state index is 13.5. The van der Waals surface area contributed by atoms with Crippen LogP contribution in [0.5, 0.6) is 0 Å². The summed E-state index contributed by atoms with van der Waals surface area (Å²) in [6, 6.07) is 5.36. The topological polar surface area (TPSA) is 137 Å². The number of hydrogen-bond acceptors (Lipinski definition) is 8. The van der Waals surface area contributed by atoms with Gasteiger partial charge in [0, 0.05) is 48.7 Å². The predicted molar refractivity (Wildman–Crippen MR) is 147 cm³/mol. The third kappa shape index (κ3) is 6.62. The molecule has 5 rings (SSSR count). The molecule has 0 aliphatic heterocycles. The normalized spacial score (nSPS) is 19.9. The van der Waals surface area contributed by atoms with Gasteiger partial charge in [-0.15, -0.1) is 5.10 Å². The summed E-state index contributed by atoms with van der Waals surface area (Å²) in [5, 5.41) is 20.7. The maximum absolute atomic E-state index is 13.5. The van der Waals surface area contributed by atoms with Crippen molar-refractivity contribution in [1.29, 1.82) is 0 Å². The van der Waals surface area contributed by atoms with Gasteiger partial charge in [0.05, 0.1) is 17.8 Å². The van der Waals surface area contributed by atoms with Crippen LogP contribution in [0.15, 0.2) is 30.6 Å². The summed E-state index contributed by atoms with van der Waals surface area (Å²) in [6.07, 6.45) is 9.30. The Morgan fingerprint density at radius 1 is 1.05 bits per heavy atom. The summed E-state index contributed by atoms with van der Waals surface area (Å²) in [7, 11) is 1.87. The number of imidazole rings is 1. The third-order valence-electron chi connectivity index (χ3n) is 7.36. The predicted octanol–water partition coefficient (Wildman–Crippen LogP) is 3.17. The lowest BCUT2D eigenvalue weighted by molar-refractivity contribution is -0.125. The number of nitrogens with zero attached hydrogens (tertiary/aromatic N) is 4. The van der Waals surface area contributed by atoms with Gasteiger partial charge in [0.25, 0.3) is 5.91 Å². The zero-order valence-electron chi connectivity index (χ0n) is 22.3. The molecule has 5 N–H and O–H groups in total. The van der Waals surface area contributed by atoms with E-state index in [-0.39, 0.29) is 29.6 Å². The Balaban J connectivity index is 1.28. The van der Waals surface area contributed by atoms with E-state index in [1.54, 1.807) is 0 Å². The van der Waals surface area contributed by atoms with E-state index >= 15 is 0 Å². The average molecular weight is 538 g/mol. The second-order valence-electron chi connectivity index (χ2n) is 10.4. The van der Waals surface area contributed by atoms with E-state index in [1.165, 1.54) is 23.0 Å². The van der Waals surface area contributed by atoms with Crippen LogP contribution in [0.1, 0.15) is 62.4 Å². The standard InChI is InChI=1S/C27H36FN9O2/c1-3-16(14-29-2)26(38)34-19-8-6-18(7-9-19)33-24-13-21(32-17-4-5-17)25-31-15-22(37(25)36-24)27(39)35-20-10-11-30-23(28)12-20/h10-13,15-19,29,32H,3-9,14H2,1-2H3,(H,33,36)(H,34,38)(H,30,35,39). The molecule has 2 amide bonds. The second kappa shape index (κ2) is 11.9. The van der Waals surface area contributed by atoms with Gasteiger partial charge in [-0.2, -0.15) is 4.39 Å². The number of carbonyl (C=O) groups is 2. The number of carbonyl (C=O) groups excluding carboxylic acids is 2. The summed E-state index contributed by atoms with van der Waals surface area (Å²) < 4.78 is 15.0. The van der Waals surface area contributed by atoms with Gasteiger partial charge in [-0.05, 0) is 58.1 Å². The first-order chi connectivity index (χ1) is 18.9. The van der Waals surface area contributed by atoms with Crippen molar-refractivity contribution in [2.75, 3.05) is 29.5 Å². The molecule has 208 valence electrons. The van der Waals surface area contributed by atoms with Gasteiger partial charge < -0.3 is 26.6 Å². The number of hydrogen-bond donors (Lipinski definition) is 5. The van der Waals surface area contributed by atoms with E-state index in [0.29, 0.717) is 29.7 Å². The Hall–Kier alpha value is -3.80. The van der Waals surface area contributed by atoms with Gasteiger partial charge in [0.1, 0.15) is 5.82 Å². The molecule has 3 heterocycles. The molecule has 1 atom stereocenters. The highest BCUT2D eigenvalue weighted by atomic mass is 19.1. The van der Waals surface area contributed by atoms with Gasteiger partial charge in [0.2, 0.25) is 11.9 Å². The van der Waals surface area contributed by atoms with Crippen molar-refractivity contribution in [1.82, 2.24) is 30.2 Å². The van der Waals surface area contributed by atoms with Crippen molar-refractivity contribution in [3.05, 3.63) is 42.2 Å². The molecular formula is C27H36FN9O2. The lowest BCUT2D eigenvalue weighted by Crippen LogP contribution is -2.44. The number of nitrogens with one attached hydrogen (secondary N) is 5. The molecule has 2 fully saturated rings. The average Bonchev–Trinajstić information content (AvgIpc) is 3.63. The summed E-state index contributed by atoms with van der Waals surface area (Å²) in [5.41, 5.74) is 1.90. The van der Waals surface area contributed by atoms with Crippen LogP contribution in [0.4, 0.5) is 21.6 Å². The minimum atomic E-state index is -0.677. The molecule has 2 saturated carbocycles. The Morgan fingerprint density at radius 2 is 1.77 bits per heavy atom.